The molecule has 0 radical (unpaired) electrons. The molecule has 2 aromatic carbocycles. The summed E-state index contributed by atoms with van der Waals surface area (Å²) in [5.41, 5.74) is 0.658. The third-order valence-corrected chi connectivity index (χ3v) is 6.25. The van der Waals surface area contributed by atoms with Gasteiger partial charge in [-0.1, -0.05) is 18.2 Å². The fourth-order valence-corrected chi connectivity index (χ4v) is 4.62. The molecule has 5 nitrogen and oxygen atoms in total. The van der Waals surface area contributed by atoms with Gasteiger partial charge in [0.05, 0.1) is 17.6 Å². The van der Waals surface area contributed by atoms with E-state index in [9.17, 15) is 17.9 Å². The first kappa shape index (κ1) is 18.8. The van der Waals surface area contributed by atoms with E-state index in [0.717, 1.165) is 16.2 Å². The predicted octanol–water partition coefficient (Wildman–Crippen LogP) is 3.45. The minimum absolute atomic E-state index is 0.00349. The lowest BCUT2D eigenvalue weighted by Crippen LogP contribution is -2.28. The fraction of sp³-hybridized carbons (Fsp3) is 0.222. The van der Waals surface area contributed by atoms with Gasteiger partial charge in [-0.25, -0.2) is 17.5 Å². The molecule has 0 saturated carbocycles. The topological polar surface area (TPSA) is 75.6 Å². The second-order valence-corrected chi connectivity index (χ2v) is 8.26. The van der Waals surface area contributed by atoms with Crippen molar-refractivity contribution < 1.29 is 22.7 Å². The Kier molecular flexibility index (Phi) is 5.57. The molecular weight excluding hydrogens is 377 g/mol. The van der Waals surface area contributed by atoms with Gasteiger partial charge in [0.1, 0.15) is 0 Å². The average Bonchev–Trinajstić information content (AvgIpc) is 3.06. The van der Waals surface area contributed by atoms with E-state index < -0.39 is 21.9 Å². The Morgan fingerprint density at radius 3 is 2.77 bits per heavy atom. The Hall–Kier alpha value is -2.00. The lowest BCUT2D eigenvalue weighted by molar-refractivity contribution is 0.184. The molecule has 0 spiro atoms. The summed E-state index contributed by atoms with van der Waals surface area (Å²) in [5, 5.41) is 13.1. The maximum Gasteiger partial charge on any atom is 0.240 e. The molecule has 1 atom stereocenters. The standard InChI is InChI=1S/C18H18FNO4S2/c1-2-24-17-8-7-12(9-15(17)19)26(22,23)20-10-16(21)14-11-25-18-6-4-3-5-13(14)18/h3-9,11,16,20-21H,2,10H2,1H3/t16-/m1/s1. The van der Waals surface area contributed by atoms with Gasteiger partial charge in [-0.05, 0) is 42.0 Å². The Morgan fingerprint density at radius 1 is 1.27 bits per heavy atom. The maximum absolute atomic E-state index is 13.9. The van der Waals surface area contributed by atoms with Crippen molar-refractivity contribution in [3.8, 4) is 5.75 Å². The van der Waals surface area contributed by atoms with Crippen LogP contribution in [0, 0.1) is 5.82 Å². The fourth-order valence-electron chi connectivity index (χ4n) is 2.56. The molecule has 0 aliphatic carbocycles. The molecule has 3 aromatic rings. The van der Waals surface area contributed by atoms with Gasteiger partial charge in [0.15, 0.2) is 11.6 Å². The second-order valence-electron chi connectivity index (χ2n) is 5.58. The van der Waals surface area contributed by atoms with Crippen LogP contribution in [0.3, 0.4) is 0 Å². The zero-order valence-corrected chi connectivity index (χ0v) is 15.6. The van der Waals surface area contributed by atoms with Crippen LogP contribution in [0.15, 0.2) is 52.7 Å². The average molecular weight is 395 g/mol. The lowest BCUT2D eigenvalue weighted by Gasteiger charge is -2.13. The number of nitrogens with one attached hydrogen (secondary N) is 1. The Morgan fingerprint density at radius 2 is 2.04 bits per heavy atom. The molecular formula is C18H18FNO4S2. The first-order valence-corrected chi connectivity index (χ1v) is 10.3. The molecule has 8 heteroatoms. The van der Waals surface area contributed by atoms with Crippen LogP contribution in [0.2, 0.25) is 0 Å². The van der Waals surface area contributed by atoms with Gasteiger partial charge in [0, 0.05) is 16.8 Å². The Balaban J connectivity index is 1.74. The van der Waals surface area contributed by atoms with Crippen LogP contribution in [0.5, 0.6) is 5.75 Å². The largest absolute Gasteiger partial charge is 0.491 e. The quantitative estimate of drug-likeness (QED) is 0.643. The van der Waals surface area contributed by atoms with E-state index in [1.807, 2.05) is 24.3 Å². The number of halogens is 1. The van der Waals surface area contributed by atoms with Crippen LogP contribution in [-0.4, -0.2) is 26.7 Å². The number of aliphatic hydroxyl groups is 1. The summed E-state index contributed by atoms with van der Waals surface area (Å²) in [5.74, 6) is -0.754. The molecule has 0 amide bonds. The first-order valence-electron chi connectivity index (χ1n) is 7.98. The summed E-state index contributed by atoms with van der Waals surface area (Å²) in [6.45, 7) is 1.78. The summed E-state index contributed by atoms with van der Waals surface area (Å²) in [6.07, 6.45) is -1.01. The molecule has 1 aromatic heterocycles. The van der Waals surface area contributed by atoms with E-state index in [1.165, 1.54) is 23.5 Å². The molecule has 1 heterocycles. The van der Waals surface area contributed by atoms with Crippen molar-refractivity contribution in [2.45, 2.75) is 17.9 Å². The highest BCUT2D eigenvalue weighted by Crippen LogP contribution is 2.30. The van der Waals surface area contributed by atoms with Crippen LogP contribution >= 0.6 is 11.3 Å². The number of ether oxygens (including phenoxy) is 1. The number of benzene rings is 2. The van der Waals surface area contributed by atoms with E-state index in [1.54, 1.807) is 12.3 Å². The third-order valence-electron chi connectivity index (χ3n) is 3.85. The zero-order chi connectivity index (χ0) is 18.7. The van der Waals surface area contributed by atoms with Gasteiger partial charge in [-0.3, -0.25) is 0 Å². The highest BCUT2D eigenvalue weighted by Gasteiger charge is 2.20. The van der Waals surface area contributed by atoms with Gasteiger partial charge in [-0.2, -0.15) is 0 Å². The number of fused-ring (bicyclic) bond motifs is 1. The summed E-state index contributed by atoms with van der Waals surface area (Å²) in [7, 11) is -3.96. The predicted molar refractivity (Wildman–Crippen MR) is 99.5 cm³/mol. The first-order chi connectivity index (χ1) is 12.4. The third kappa shape index (κ3) is 3.88. The van der Waals surface area contributed by atoms with E-state index in [4.69, 9.17) is 4.74 Å². The summed E-state index contributed by atoms with van der Waals surface area (Å²) >= 11 is 1.48. The number of rotatable bonds is 7. The van der Waals surface area contributed by atoms with E-state index in [0.29, 0.717) is 5.56 Å². The van der Waals surface area contributed by atoms with Crippen molar-refractivity contribution in [2.24, 2.45) is 0 Å². The molecule has 26 heavy (non-hydrogen) atoms. The van der Waals surface area contributed by atoms with Gasteiger partial charge in [0.2, 0.25) is 10.0 Å². The van der Waals surface area contributed by atoms with Gasteiger partial charge < -0.3 is 9.84 Å². The molecule has 138 valence electrons. The van der Waals surface area contributed by atoms with Crippen molar-refractivity contribution in [3.63, 3.8) is 0 Å². The number of aliphatic hydroxyl groups excluding tert-OH is 1. The molecule has 0 unspecified atom stereocenters. The van der Waals surface area contributed by atoms with Crippen LogP contribution < -0.4 is 9.46 Å². The smallest absolute Gasteiger partial charge is 0.240 e. The highest BCUT2D eigenvalue weighted by molar-refractivity contribution is 7.89. The van der Waals surface area contributed by atoms with Gasteiger partial charge in [0.25, 0.3) is 0 Å². The molecule has 0 bridgehead atoms. The van der Waals surface area contributed by atoms with Crippen LogP contribution in [0.25, 0.3) is 10.1 Å². The number of sulfonamides is 1. The number of thiophene rings is 1. The normalized spacial score (nSPS) is 13.0. The molecule has 0 aliphatic rings. The van der Waals surface area contributed by atoms with Crippen molar-refractivity contribution in [1.29, 1.82) is 0 Å². The van der Waals surface area contributed by atoms with Crippen LogP contribution in [-0.2, 0) is 10.0 Å². The lowest BCUT2D eigenvalue weighted by atomic mass is 10.1. The Bertz CT molecular complexity index is 1020. The molecule has 0 saturated heterocycles. The summed E-state index contributed by atoms with van der Waals surface area (Å²) in [4.78, 5) is -0.221. The Labute approximate surface area is 155 Å². The van der Waals surface area contributed by atoms with Crippen molar-refractivity contribution in [3.05, 3.63) is 59.2 Å². The maximum atomic E-state index is 13.9. The van der Waals surface area contributed by atoms with Crippen molar-refractivity contribution in [1.82, 2.24) is 4.72 Å². The minimum Gasteiger partial charge on any atom is -0.491 e. The molecule has 3 rings (SSSR count). The number of hydrogen-bond donors (Lipinski definition) is 2. The van der Waals surface area contributed by atoms with Crippen molar-refractivity contribution >= 4 is 31.4 Å². The molecule has 0 fully saturated rings. The minimum atomic E-state index is -3.96. The SMILES string of the molecule is CCOc1ccc(S(=O)(=O)NC[C@@H](O)c2csc3ccccc23)cc1F. The zero-order valence-electron chi connectivity index (χ0n) is 14.0. The van der Waals surface area contributed by atoms with Crippen molar-refractivity contribution in [2.75, 3.05) is 13.2 Å². The molecule has 0 aliphatic heterocycles. The van der Waals surface area contributed by atoms with Crippen LogP contribution in [0.1, 0.15) is 18.6 Å². The highest BCUT2D eigenvalue weighted by atomic mass is 32.2. The number of hydrogen-bond acceptors (Lipinski definition) is 5. The van der Waals surface area contributed by atoms with Gasteiger partial charge >= 0.3 is 0 Å². The van der Waals surface area contributed by atoms with Gasteiger partial charge in [-0.15, -0.1) is 11.3 Å². The second kappa shape index (κ2) is 7.71. The summed E-state index contributed by atoms with van der Waals surface area (Å²) in [6, 6.07) is 11.0. The summed E-state index contributed by atoms with van der Waals surface area (Å²) < 4.78 is 47.0. The van der Waals surface area contributed by atoms with E-state index >= 15 is 0 Å². The van der Waals surface area contributed by atoms with E-state index in [-0.39, 0.29) is 23.8 Å². The van der Waals surface area contributed by atoms with E-state index in [2.05, 4.69) is 4.72 Å². The monoisotopic (exact) mass is 395 g/mol. The van der Waals surface area contributed by atoms with Crippen LogP contribution in [0.4, 0.5) is 4.39 Å². The molecule has 2 N–H and O–H groups in total.